The second kappa shape index (κ2) is 2.39. The van der Waals surface area contributed by atoms with Gasteiger partial charge in [-0.1, -0.05) is 0 Å². The molecule has 2 saturated heterocycles. The fraction of sp³-hybridized carbons (Fsp3) is 1.00. The number of halogens is 1. The van der Waals surface area contributed by atoms with E-state index in [0.29, 0.717) is 5.92 Å². The molecular formula is C10H17ClO. The molecule has 1 aliphatic carbocycles. The molecule has 0 N–H and O–H groups in total. The summed E-state index contributed by atoms with van der Waals surface area (Å²) in [5.41, 5.74) is -0.00179. The SMILES string of the molecule is CC1(C)O[C@]2(C)CC[C@H]1C[C@H]2Cl. The minimum atomic E-state index is -0.0557. The first-order valence-electron chi connectivity index (χ1n) is 4.78. The molecule has 2 heteroatoms. The van der Waals surface area contributed by atoms with Crippen molar-refractivity contribution < 1.29 is 4.74 Å². The van der Waals surface area contributed by atoms with E-state index in [-0.39, 0.29) is 16.6 Å². The topological polar surface area (TPSA) is 9.23 Å². The Bertz CT molecular complexity index is 202. The number of hydrogen-bond donors (Lipinski definition) is 0. The van der Waals surface area contributed by atoms with Crippen molar-refractivity contribution in [1.29, 1.82) is 0 Å². The number of alkyl halides is 1. The first kappa shape index (κ1) is 8.83. The van der Waals surface area contributed by atoms with Crippen LogP contribution in [0, 0.1) is 5.92 Å². The van der Waals surface area contributed by atoms with Gasteiger partial charge in [0.25, 0.3) is 0 Å². The summed E-state index contributed by atoms with van der Waals surface area (Å²) in [5.74, 6) is 0.668. The van der Waals surface area contributed by atoms with Crippen LogP contribution in [-0.2, 0) is 4.74 Å². The number of ether oxygens (including phenoxy) is 1. The van der Waals surface area contributed by atoms with Crippen LogP contribution in [0.15, 0.2) is 0 Å². The van der Waals surface area contributed by atoms with E-state index in [1.807, 2.05) is 0 Å². The van der Waals surface area contributed by atoms with Crippen LogP contribution in [0.3, 0.4) is 0 Å². The summed E-state index contributed by atoms with van der Waals surface area (Å²) in [6.07, 6.45) is 3.55. The third-order valence-corrected chi connectivity index (χ3v) is 4.26. The lowest BCUT2D eigenvalue weighted by atomic mass is 9.68. The zero-order chi connectivity index (χ0) is 8.98. The molecular weight excluding hydrogens is 172 g/mol. The van der Waals surface area contributed by atoms with Crippen molar-refractivity contribution in [3.05, 3.63) is 0 Å². The minimum absolute atomic E-state index is 0.0540. The van der Waals surface area contributed by atoms with Crippen LogP contribution in [0.25, 0.3) is 0 Å². The molecule has 0 unspecified atom stereocenters. The normalized spacial score (nSPS) is 51.0. The molecule has 0 aromatic carbocycles. The Morgan fingerprint density at radius 3 is 2.33 bits per heavy atom. The van der Waals surface area contributed by atoms with Gasteiger partial charge in [0.15, 0.2) is 0 Å². The van der Waals surface area contributed by atoms with Crippen molar-refractivity contribution in [2.45, 2.75) is 56.6 Å². The Morgan fingerprint density at radius 1 is 1.33 bits per heavy atom. The van der Waals surface area contributed by atoms with Gasteiger partial charge in [-0.3, -0.25) is 0 Å². The lowest BCUT2D eigenvalue weighted by molar-refractivity contribution is -0.226. The van der Waals surface area contributed by atoms with Gasteiger partial charge >= 0.3 is 0 Å². The maximum Gasteiger partial charge on any atom is 0.0824 e. The predicted octanol–water partition coefficient (Wildman–Crippen LogP) is 2.96. The van der Waals surface area contributed by atoms with E-state index in [1.54, 1.807) is 0 Å². The lowest BCUT2D eigenvalue weighted by Gasteiger charge is -2.56. The van der Waals surface area contributed by atoms with Gasteiger partial charge in [0.05, 0.1) is 16.6 Å². The van der Waals surface area contributed by atoms with Gasteiger partial charge in [-0.25, -0.2) is 0 Å². The average Bonchev–Trinajstić information content (AvgIpc) is 1.91. The van der Waals surface area contributed by atoms with Gasteiger partial charge in [-0.15, -0.1) is 11.6 Å². The zero-order valence-corrected chi connectivity index (χ0v) is 8.82. The summed E-state index contributed by atoms with van der Waals surface area (Å²) < 4.78 is 6.04. The Kier molecular flexibility index (Phi) is 1.76. The van der Waals surface area contributed by atoms with Crippen LogP contribution < -0.4 is 0 Å². The molecule has 70 valence electrons. The molecule has 2 bridgehead atoms. The molecule has 3 aliphatic rings. The van der Waals surface area contributed by atoms with Gasteiger partial charge in [0.1, 0.15) is 0 Å². The summed E-state index contributed by atoms with van der Waals surface area (Å²) in [6.45, 7) is 6.54. The Labute approximate surface area is 79.4 Å². The zero-order valence-electron chi connectivity index (χ0n) is 8.06. The summed E-state index contributed by atoms with van der Waals surface area (Å²) >= 11 is 6.26. The molecule has 0 radical (unpaired) electrons. The molecule has 3 fully saturated rings. The molecule has 0 amide bonds. The van der Waals surface area contributed by atoms with Crippen LogP contribution in [0.5, 0.6) is 0 Å². The van der Waals surface area contributed by atoms with Crippen LogP contribution in [0.2, 0.25) is 0 Å². The van der Waals surface area contributed by atoms with Crippen molar-refractivity contribution in [2.75, 3.05) is 0 Å². The van der Waals surface area contributed by atoms with E-state index in [4.69, 9.17) is 16.3 Å². The van der Waals surface area contributed by atoms with Crippen molar-refractivity contribution in [3.8, 4) is 0 Å². The first-order valence-corrected chi connectivity index (χ1v) is 5.22. The van der Waals surface area contributed by atoms with Crippen LogP contribution in [0.4, 0.5) is 0 Å². The van der Waals surface area contributed by atoms with E-state index in [9.17, 15) is 0 Å². The number of hydrogen-bond acceptors (Lipinski definition) is 1. The van der Waals surface area contributed by atoms with Crippen molar-refractivity contribution in [3.63, 3.8) is 0 Å². The highest BCUT2D eigenvalue weighted by Crippen LogP contribution is 2.51. The van der Waals surface area contributed by atoms with E-state index in [2.05, 4.69) is 20.8 Å². The van der Waals surface area contributed by atoms with Crippen LogP contribution >= 0.6 is 11.6 Å². The monoisotopic (exact) mass is 188 g/mol. The molecule has 2 heterocycles. The van der Waals surface area contributed by atoms with E-state index in [0.717, 1.165) is 12.8 Å². The Morgan fingerprint density at radius 2 is 2.00 bits per heavy atom. The van der Waals surface area contributed by atoms with Gasteiger partial charge < -0.3 is 4.74 Å². The average molecular weight is 189 g/mol. The fourth-order valence-corrected chi connectivity index (χ4v) is 3.03. The smallest absolute Gasteiger partial charge is 0.0824 e. The standard InChI is InChI=1S/C10H17ClO/c1-9(2)7-4-5-10(3,12-9)8(11)6-7/h7-8H,4-6H2,1-3H3/t7-,8+,10+/m0/s1. The van der Waals surface area contributed by atoms with Gasteiger partial charge in [-0.05, 0) is 46.0 Å². The summed E-state index contributed by atoms with van der Waals surface area (Å²) in [7, 11) is 0. The maximum absolute atomic E-state index is 6.26. The van der Waals surface area contributed by atoms with Gasteiger partial charge in [-0.2, -0.15) is 0 Å². The van der Waals surface area contributed by atoms with E-state index >= 15 is 0 Å². The number of rotatable bonds is 0. The third kappa shape index (κ3) is 1.10. The van der Waals surface area contributed by atoms with Crippen molar-refractivity contribution in [2.24, 2.45) is 5.92 Å². The van der Waals surface area contributed by atoms with Crippen molar-refractivity contribution >= 4 is 11.6 Å². The quantitative estimate of drug-likeness (QED) is 0.532. The first-order chi connectivity index (χ1) is 5.44. The van der Waals surface area contributed by atoms with E-state index in [1.165, 1.54) is 6.42 Å². The fourth-order valence-electron chi connectivity index (χ4n) is 2.67. The summed E-state index contributed by atoms with van der Waals surface area (Å²) in [6, 6.07) is 0. The molecule has 0 aromatic heterocycles. The minimum Gasteiger partial charge on any atom is -0.368 e. The van der Waals surface area contributed by atoms with Crippen LogP contribution in [-0.4, -0.2) is 16.6 Å². The molecule has 0 aromatic rings. The maximum atomic E-state index is 6.26. The highest BCUT2D eigenvalue weighted by molar-refractivity contribution is 6.21. The van der Waals surface area contributed by atoms with Gasteiger partial charge in [0.2, 0.25) is 0 Å². The number of fused-ring (bicyclic) bond motifs is 3. The third-order valence-electron chi connectivity index (χ3n) is 3.62. The molecule has 12 heavy (non-hydrogen) atoms. The molecule has 3 atom stereocenters. The molecule has 1 nitrogen and oxygen atoms in total. The lowest BCUT2D eigenvalue weighted by Crippen LogP contribution is -2.59. The van der Waals surface area contributed by atoms with Crippen LogP contribution in [0.1, 0.15) is 40.0 Å². The summed E-state index contributed by atoms with van der Waals surface area (Å²) in [4.78, 5) is 0. The largest absolute Gasteiger partial charge is 0.368 e. The van der Waals surface area contributed by atoms with E-state index < -0.39 is 0 Å². The molecule has 0 spiro atoms. The molecule has 2 aliphatic heterocycles. The Hall–Kier alpha value is 0.250. The molecule has 1 saturated carbocycles. The highest BCUT2D eigenvalue weighted by atomic mass is 35.5. The highest BCUT2D eigenvalue weighted by Gasteiger charge is 2.53. The second-order valence-electron chi connectivity index (χ2n) is 4.96. The summed E-state index contributed by atoms with van der Waals surface area (Å²) in [5, 5.41) is 0.226. The second-order valence-corrected chi connectivity index (χ2v) is 5.48. The Balaban J connectivity index is 2.26. The predicted molar refractivity (Wildman–Crippen MR) is 50.6 cm³/mol. The molecule has 3 rings (SSSR count). The van der Waals surface area contributed by atoms with Gasteiger partial charge in [0, 0.05) is 0 Å². The van der Waals surface area contributed by atoms with Crippen molar-refractivity contribution in [1.82, 2.24) is 0 Å².